The quantitative estimate of drug-likeness (QED) is 0.0258. The normalized spacial score (nSPS) is 18.6. The summed E-state index contributed by atoms with van der Waals surface area (Å²) in [6.07, 6.45) is 53.0. The molecule has 1 rings (SSSR count). The standard InChI is InChI=1S/C61H120O12S/c1-3-5-7-9-11-13-15-17-19-21-23-25-26-27-28-29-31-33-35-37-39-41-43-45-47-49-51-69-53-55(54-70-61-59(65)60(73-74(66,67)68)58(64)56(52-62)72-61)71-57(63)50-48-46-44-42-40-38-36-34-32-30-24-22-20-18-16-14-12-10-8-6-4-2/h55-56,58-62,64-65H,3-54H2,1-2H3,(H,66,67,68). The Bertz CT molecular complexity index is 1290. The maximum Gasteiger partial charge on any atom is 0.397 e. The van der Waals surface area contributed by atoms with E-state index in [1.54, 1.807) is 0 Å². The van der Waals surface area contributed by atoms with E-state index >= 15 is 0 Å². The second-order valence-corrected chi connectivity index (χ2v) is 23.4. The molecular formula is C61H120O12S. The van der Waals surface area contributed by atoms with Crippen molar-refractivity contribution in [1.29, 1.82) is 0 Å². The van der Waals surface area contributed by atoms with E-state index in [0.717, 1.165) is 38.5 Å². The number of aliphatic hydroxyl groups excluding tert-OH is 3. The molecule has 0 aromatic heterocycles. The number of unbranched alkanes of at least 4 members (excludes halogenated alkanes) is 45. The lowest BCUT2D eigenvalue weighted by molar-refractivity contribution is -0.301. The molecule has 1 fully saturated rings. The third-order valence-corrected chi connectivity index (χ3v) is 15.7. The molecule has 1 saturated heterocycles. The zero-order chi connectivity index (χ0) is 53.8. The molecule has 0 bridgehead atoms. The van der Waals surface area contributed by atoms with Gasteiger partial charge in [0, 0.05) is 13.0 Å². The summed E-state index contributed by atoms with van der Waals surface area (Å²) in [5.74, 6) is -0.387. The fraction of sp³-hybridized carbons (Fsp3) is 0.984. The Hall–Kier alpha value is -0.900. The van der Waals surface area contributed by atoms with Gasteiger partial charge in [0.15, 0.2) is 6.29 Å². The van der Waals surface area contributed by atoms with Gasteiger partial charge in [0.2, 0.25) is 0 Å². The van der Waals surface area contributed by atoms with Crippen LogP contribution < -0.4 is 0 Å². The molecule has 4 N–H and O–H groups in total. The van der Waals surface area contributed by atoms with Gasteiger partial charge >= 0.3 is 16.4 Å². The van der Waals surface area contributed by atoms with E-state index in [1.165, 1.54) is 257 Å². The molecule has 0 aromatic carbocycles. The number of aliphatic hydroxyl groups is 3. The van der Waals surface area contributed by atoms with Crippen molar-refractivity contribution in [2.75, 3.05) is 26.4 Å². The van der Waals surface area contributed by atoms with Crippen LogP contribution in [0, 0.1) is 0 Å². The second-order valence-electron chi connectivity index (χ2n) is 22.4. The Morgan fingerprint density at radius 1 is 0.459 bits per heavy atom. The van der Waals surface area contributed by atoms with Crippen molar-refractivity contribution in [3.8, 4) is 0 Å². The maximum absolute atomic E-state index is 13.0. The van der Waals surface area contributed by atoms with Crippen LogP contribution in [-0.2, 0) is 38.3 Å². The van der Waals surface area contributed by atoms with Crippen LogP contribution in [0.4, 0.5) is 0 Å². The zero-order valence-electron chi connectivity index (χ0n) is 48.2. The molecule has 6 atom stereocenters. The highest BCUT2D eigenvalue weighted by atomic mass is 32.3. The Labute approximate surface area is 456 Å². The minimum absolute atomic E-state index is 0.0459. The second kappa shape index (κ2) is 52.8. The van der Waals surface area contributed by atoms with Crippen LogP contribution in [0.25, 0.3) is 0 Å². The fourth-order valence-electron chi connectivity index (χ4n) is 10.4. The lowest BCUT2D eigenvalue weighted by Crippen LogP contribution is -2.60. The molecule has 1 aliphatic rings. The van der Waals surface area contributed by atoms with Gasteiger partial charge in [-0.1, -0.05) is 303 Å². The molecule has 6 unspecified atom stereocenters. The Kier molecular flexibility index (Phi) is 50.7. The summed E-state index contributed by atoms with van der Waals surface area (Å²) in [5, 5.41) is 30.9. The highest BCUT2D eigenvalue weighted by Crippen LogP contribution is 2.26. The third kappa shape index (κ3) is 45.0. The summed E-state index contributed by atoms with van der Waals surface area (Å²) in [6, 6.07) is 0. The van der Waals surface area contributed by atoms with E-state index in [1.807, 2.05) is 0 Å². The zero-order valence-corrected chi connectivity index (χ0v) is 49.0. The maximum atomic E-state index is 13.0. The smallest absolute Gasteiger partial charge is 0.397 e. The monoisotopic (exact) mass is 1080 g/mol. The Balaban J connectivity index is 2.22. The number of ether oxygens (including phenoxy) is 4. The summed E-state index contributed by atoms with van der Waals surface area (Å²) in [5.41, 5.74) is 0. The van der Waals surface area contributed by atoms with Gasteiger partial charge in [-0.25, -0.2) is 4.18 Å². The van der Waals surface area contributed by atoms with Gasteiger partial charge in [-0.05, 0) is 12.8 Å². The summed E-state index contributed by atoms with van der Waals surface area (Å²) < 4.78 is 59.6. The lowest BCUT2D eigenvalue weighted by Gasteiger charge is -2.41. The first-order valence-electron chi connectivity index (χ1n) is 31.8. The highest BCUT2D eigenvalue weighted by molar-refractivity contribution is 7.80. The van der Waals surface area contributed by atoms with Crippen LogP contribution >= 0.6 is 0 Å². The third-order valence-electron chi connectivity index (χ3n) is 15.2. The van der Waals surface area contributed by atoms with Crippen molar-refractivity contribution >= 4 is 16.4 Å². The molecule has 442 valence electrons. The van der Waals surface area contributed by atoms with Crippen molar-refractivity contribution in [3.63, 3.8) is 0 Å². The van der Waals surface area contributed by atoms with Gasteiger partial charge in [0.1, 0.15) is 30.5 Å². The van der Waals surface area contributed by atoms with Gasteiger partial charge in [0.05, 0.1) is 19.8 Å². The average molecular weight is 1080 g/mol. The highest BCUT2D eigenvalue weighted by Gasteiger charge is 2.48. The summed E-state index contributed by atoms with van der Waals surface area (Å²) in [6.45, 7) is 4.09. The SMILES string of the molecule is CCCCCCCCCCCCCCCCCCCCCCCCCCCCOCC(COC1OC(CO)C(O)C(OS(=O)(=O)O)C1O)OC(=O)CCCCCCCCCCCCCCCCCCCCCCC. The summed E-state index contributed by atoms with van der Waals surface area (Å²) in [4.78, 5) is 13.0. The molecule has 1 aliphatic heterocycles. The van der Waals surface area contributed by atoms with Gasteiger partial charge < -0.3 is 34.3 Å². The van der Waals surface area contributed by atoms with Crippen LogP contribution in [0.1, 0.15) is 322 Å². The van der Waals surface area contributed by atoms with E-state index in [0.29, 0.717) is 13.0 Å². The molecule has 1 heterocycles. The molecule has 0 amide bonds. The molecule has 0 saturated carbocycles. The predicted octanol–water partition coefficient (Wildman–Crippen LogP) is 16.3. The molecule has 12 nitrogen and oxygen atoms in total. The molecule has 0 radical (unpaired) electrons. The van der Waals surface area contributed by atoms with Crippen molar-refractivity contribution in [3.05, 3.63) is 0 Å². The first-order valence-corrected chi connectivity index (χ1v) is 33.2. The van der Waals surface area contributed by atoms with Crippen LogP contribution in [0.2, 0.25) is 0 Å². The van der Waals surface area contributed by atoms with Gasteiger partial charge in [-0.2, -0.15) is 8.42 Å². The number of rotatable bonds is 58. The molecule has 0 aliphatic carbocycles. The van der Waals surface area contributed by atoms with E-state index < -0.39 is 53.8 Å². The van der Waals surface area contributed by atoms with E-state index in [2.05, 4.69) is 18.0 Å². The number of carbonyl (C=O) groups excluding carboxylic acids is 1. The van der Waals surface area contributed by atoms with E-state index in [4.69, 9.17) is 18.9 Å². The molecule has 0 aromatic rings. The largest absolute Gasteiger partial charge is 0.457 e. The minimum Gasteiger partial charge on any atom is -0.457 e. The first-order chi connectivity index (χ1) is 36.1. The lowest BCUT2D eigenvalue weighted by atomic mass is 9.99. The van der Waals surface area contributed by atoms with Crippen LogP contribution in [0.3, 0.4) is 0 Å². The molecule has 13 heteroatoms. The summed E-state index contributed by atoms with van der Waals surface area (Å²) in [7, 11) is -5.06. The van der Waals surface area contributed by atoms with Crippen molar-refractivity contribution in [2.45, 2.75) is 359 Å². The first kappa shape index (κ1) is 71.1. The van der Waals surface area contributed by atoms with Gasteiger partial charge in [-0.3, -0.25) is 9.35 Å². The number of hydrogen-bond donors (Lipinski definition) is 4. The van der Waals surface area contributed by atoms with E-state index in [-0.39, 0.29) is 25.6 Å². The number of esters is 1. The van der Waals surface area contributed by atoms with Crippen LogP contribution in [-0.4, -0.2) is 97.5 Å². The van der Waals surface area contributed by atoms with E-state index in [9.17, 15) is 33.1 Å². The summed E-state index contributed by atoms with van der Waals surface area (Å²) >= 11 is 0. The van der Waals surface area contributed by atoms with Crippen molar-refractivity contribution in [2.24, 2.45) is 0 Å². The van der Waals surface area contributed by atoms with Crippen LogP contribution in [0.5, 0.6) is 0 Å². The number of hydrogen-bond acceptors (Lipinski definition) is 11. The average Bonchev–Trinajstić information content (AvgIpc) is 3.38. The molecule has 0 spiro atoms. The fourth-order valence-corrected chi connectivity index (χ4v) is 11.0. The predicted molar refractivity (Wildman–Crippen MR) is 304 cm³/mol. The Morgan fingerprint density at radius 2 is 0.770 bits per heavy atom. The van der Waals surface area contributed by atoms with Crippen molar-refractivity contribution in [1.82, 2.24) is 0 Å². The minimum atomic E-state index is -5.06. The van der Waals surface area contributed by atoms with Crippen molar-refractivity contribution < 1.29 is 56.2 Å². The number of carbonyl (C=O) groups is 1. The van der Waals surface area contributed by atoms with Crippen LogP contribution in [0.15, 0.2) is 0 Å². The van der Waals surface area contributed by atoms with Gasteiger partial charge in [-0.15, -0.1) is 0 Å². The Morgan fingerprint density at radius 3 is 1.08 bits per heavy atom. The topological polar surface area (TPSA) is 178 Å². The molecule has 74 heavy (non-hydrogen) atoms. The molecular weight excluding hydrogens is 957 g/mol. The van der Waals surface area contributed by atoms with Gasteiger partial charge in [0.25, 0.3) is 0 Å².